The van der Waals surface area contributed by atoms with E-state index in [2.05, 4.69) is 27.8 Å². The summed E-state index contributed by atoms with van der Waals surface area (Å²) < 4.78 is 6.57. The SMILES string of the molecule is CCCNC(C)(CCCCSc1nnnn1C)C(=O)OC. The first-order valence-electron chi connectivity index (χ1n) is 7.22. The van der Waals surface area contributed by atoms with Crippen molar-refractivity contribution in [1.29, 1.82) is 0 Å². The van der Waals surface area contributed by atoms with E-state index in [1.54, 1.807) is 16.4 Å². The zero-order valence-corrected chi connectivity index (χ0v) is 14.1. The van der Waals surface area contributed by atoms with Gasteiger partial charge in [-0.05, 0) is 43.2 Å². The molecule has 0 aliphatic heterocycles. The first kappa shape index (κ1) is 17.9. The zero-order valence-electron chi connectivity index (χ0n) is 13.3. The largest absolute Gasteiger partial charge is 0.468 e. The number of hydrogen-bond acceptors (Lipinski definition) is 7. The molecule has 0 aliphatic carbocycles. The maximum absolute atomic E-state index is 11.9. The van der Waals surface area contributed by atoms with Gasteiger partial charge in [-0.2, -0.15) is 0 Å². The normalized spacial score (nSPS) is 13.9. The van der Waals surface area contributed by atoms with Crippen LogP contribution in [0.15, 0.2) is 5.16 Å². The minimum absolute atomic E-state index is 0.193. The summed E-state index contributed by atoms with van der Waals surface area (Å²) in [5, 5.41) is 15.4. The van der Waals surface area contributed by atoms with Crippen molar-refractivity contribution in [1.82, 2.24) is 25.5 Å². The van der Waals surface area contributed by atoms with E-state index in [-0.39, 0.29) is 5.97 Å². The molecule has 1 aromatic rings. The van der Waals surface area contributed by atoms with Gasteiger partial charge in [0.25, 0.3) is 0 Å². The fraction of sp³-hybridized carbons (Fsp3) is 0.846. The molecule has 0 radical (unpaired) electrons. The average Bonchev–Trinajstić information content (AvgIpc) is 2.89. The Balaban J connectivity index is 2.33. The number of ether oxygens (including phenoxy) is 1. The number of nitrogens with zero attached hydrogens (tertiary/aromatic N) is 4. The topological polar surface area (TPSA) is 81.9 Å². The molecule has 0 amide bonds. The second-order valence-electron chi connectivity index (χ2n) is 5.14. The lowest BCUT2D eigenvalue weighted by Crippen LogP contribution is -2.50. The van der Waals surface area contributed by atoms with Gasteiger partial charge in [-0.25, -0.2) is 4.68 Å². The number of carbonyl (C=O) groups excluding carboxylic acids is 1. The van der Waals surface area contributed by atoms with Crippen molar-refractivity contribution in [3.05, 3.63) is 0 Å². The molecule has 8 heteroatoms. The van der Waals surface area contributed by atoms with Crippen LogP contribution in [0.2, 0.25) is 0 Å². The fourth-order valence-electron chi connectivity index (χ4n) is 1.98. The Kier molecular flexibility index (Phi) is 7.66. The fourth-order valence-corrected chi connectivity index (χ4v) is 2.82. The summed E-state index contributed by atoms with van der Waals surface area (Å²) in [5.74, 6) is 0.736. The highest BCUT2D eigenvalue weighted by Gasteiger charge is 2.32. The van der Waals surface area contributed by atoms with Gasteiger partial charge >= 0.3 is 5.97 Å². The third kappa shape index (κ3) is 5.62. The number of nitrogens with one attached hydrogen (secondary N) is 1. The predicted molar refractivity (Wildman–Crippen MR) is 82.1 cm³/mol. The van der Waals surface area contributed by atoms with Gasteiger partial charge in [-0.3, -0.25) is 4.79 Å². The molecule has 0 saturated heterocycles. The number of thioether (sulfide) groups is 1. The van der Waals surface area contributed by atoms with Crippen LogP contribution < -0.4 is 5.32 Å². The highest BCUT2D eigenvalue weighted by Crippen LogP contribution is 2.19. The van der Waals surface area contributed by atoms with Crippen LogP contribution in [0.4, 0.5) is 0 Å². The molecule has 0 fully saturated rings. The smallest absolute Gasteiger partial charge is 0.325 e. The van der Waals surface area contributed by atoms with Gasteiger partial charge in [-0.15, -0.1) is 5.10 Å². The van der Waals surface area contributed by atoms with Crippen molar-refractivity contribution in [3.63, 3.8) is 0 Å². The molecule has 1 N–H and O–H groups in total. The van der Waals surface area contributed by atoms with Crippen molar-refractivity contribution < 1.29 is 9.53 Å². The van der Waals surface area contributed by atoms with Crippen LogP contribution in [0, 0.1) is 0 Å². The van der Waals surface area contributed by atoms with E-state index in [4.69, 9.17) is 4.74 Å². The Bertz CT molecular complexity index is 440. The van der Waals surface area contributed by atoms with Gasteiger partial charge in [0.1, 0.15) is 5.54 Å². The molecule has 1 aromatic heterocycles. The Labute approximate surface area is 130 Å². The zero-order chi connectivity index (χ0) is 15.7. The van der Waals surface area contributed by atoms with E-state index in [9.17, 15) is 4.79 Å². The van der Waals surface area contributed by atoms with Gasteiger partial charge in [0.05, 0.1) is 7.11 Å². The van der Waals surface area contributed by atoms with Gasteiger partial charge in [0.15, 0.2) is 0 Å². The molecule has 1 atom stereocenters. The molecule has 1 heterocycles. The van der Waals surface area contributed by atoms with Crippen LogP contribution >= 0.6 is 11.8 Å². The summed E-state index contributed by atoms with van der Waals surface area (Å²) >= 11 is 1.63. The number of methoxy groups -OCH3 is 1. The lowest BCUT2D eigenvalue weighted by atomic mass is 9.95. The van der Waals surface area contributed by atoms with Crippen LogP contribution in [-0.4, -0.2) is 51.1 Å². The van der Waals surface area contributed by atoms with Crippen molar-refractivity contribution in [3.8, 4) is 0 Å². The molecular weight excluding hydrogens is 290 g/mol. The number of rotatable bonds is 10. The molecule has 120 valence electrons. The molecule has 0 aliphatic rings. The standard InChI is InChI=1S/C13H25N5O2S/c1-5-9-14-13(2,11(19)20-4)8-6-7-10-21-12-15-16-17-18(12)3/h14H,5-10H2,1-4H3. The molecule has 1 rings (SSSR count). The Morgan fingerprint density at radius 3 is 2.81 bits per heavy atom. The molecule has 21 heavy (non-hydrogen) atoms. The average molecular weight is 315 g/mol. The van der Waals surface area contributed by atoms with Crippen LogP contribution in [-0.2, 0) is 16.6 Å². The number of tetrazole rings is 1. The monoisotopic (exact) mass is 315 g/mol. The van der Waals surface area contributed by atoms with E-state index >= 15 is 0 Å². The predicted octanol–water partition coefficient (Wildman–Crippen LogP) is 1.40. The van der Waals surface area contributed by atoms with Crippen LogP contribution in [0.25, 0.3) is 0 Å². The Morgan fingerprint density at radius 1 is 1.48 bits per heavy atom. The number of unbranched alkanes of at least 4 members (excludes halogenated alkanes) is 1. The van der Waals surface area contributed by atoms with Crippen molar-refractivity contribution >= 4 is 17.7 Å². The van der Waals surface area contributed by atoms with Gasteiger partial charge in [0, 0.05) is 12.8 Å². The molecule has 0 aromatic carbocycles. The van der Waals surface area contributed by atoms with Crippen LogP contribution in [0.5, 0.6) is 0 Å². The summed E-state index contributed by atoms with van der Waals surface area (Å²) in [7, 11) is 3.26. The lowest BCUT2D eigenvalue weighted by Gasteiger charge is -2.28. The molecule has 7 nitrogen and oxygen atoms in total. The van der Waals surface area contributed by atoms with E-state index < -0.39 is 5.54 Å². The number of esters is 1. The van der Waals surface area contributed by atoms with E-state index in [1.807, 2.05) is 14.0 Å². The summed E-state index contributed by atoms with van der Waals surface area (Å²) in [4.78, 5) is 11.9. The Morgan fingerprint density at radius 2 is 2.24 bits per heavy atom. The highest BCUT2D eigenvalue weighted by molar-refractivity contribution is 7.99. The minimum Gasteiger partial charge on any atom is -0.468 e. The maximum atomic E-state index is 11.9. The molecular formula is C13H25N5O2S. The van der Waals surface area contributed by atoms with Gasteiger partial charge in [-0.1, -0.05) is 25.1 Å². The Hall–Kier alpha value is -1.15. The van der Waals surface area contributed by atoms with Crippen molar-refractivity contribution in [2.24, 2.45) is 7.05 Å². The van der Waals surface area contributed by atoms with Gasteiger partial charge in [0.2, 0.25) is 5.16 Å². The molecule has 0 bridgehead atoms. The minimum atomic E-state index is -0.595. The lowest BCUT2D eigenvalue weighted by molar-refractivity contribution is -0.148. The first-order valence-corrected chi connectivity index (χ1v) is 8.20. The summed E-state index contributed by atoms with van der Waals surface area (Å²) in [6, 6.07) is 0. The number of carbonyl (C=O) groups is 1. The highest BCUT2D eigenvalue weighted by atomic mass is 32.2. The number of aryl methyl sites for hydroxylation is 1. The molecule has 0 spiro atoms. The first-order chi connectivity index (χ1) is 10.0. The summed E-state index contributed by atoms with van der Waals surface area (Å²) in [6.07, 6.45) is 3.69. The second-order valence-corrected chi connectivity index (χ2v) is 6.20. The van der Waals surface area contributed by atoms with Crippen molar-refractivity contribution in [2.45, 2.75) is 50.2 Å². The van der Waals surface area contributed by atoms with E-state index in [0.29, 0.717) is 0 Å². The number of hydrogen-bond donors (Lipinski definition) is 1. The number of aromatic nitrogens is 4. The van der Waals surface area contributed by atoms with Gasteiger partial charge < -0.3 is 10.1 Å². The molecule has 1 unspecified atom stereocenters. The quantitative estimate of drug-likeness (QED) is 0.397. The maximum Gasteiger partial charge on any atom is 0.325 e. The molecule has 0 saturated carbocycles. The second kappa shape index (κ2) is 8.99. The van der Waals surface area contributed by atoms with Crippen LogP contribution in [0.1, 0.15) is 39.5 Å². The third-order valence-corrected chi connectivity index (χ3v) is 4.38. The summed E-state index contributed by atoms with van der Waals surface area (Å²) in [5.41, 5.74) is -0.595. The van der Waals surface area contributed by atoms with Crippen molar-refractivity contribution in [2.75, 3.05) is 19.4 Å². The summed E-state index contributed by atoms with van der Waals surface area (Å²) in [6.45, 7) is 4.80. The van der Waals surface area contributed by atoms with E-state index in [1.165, 1.54) is 7.11 Å². The third-order valence-electron chi connectivity index (χ3n) is 3.28. The van der Waals surface area contributed by atoms with Crippen LogP contribution in [0.3, 0.4) is 0 Å². The van der Waals surface area contributed by atoms with E-state index in [0.717, 1.165) is 43.1 Å².